The van der Waals surface area contributed by atoms with Crippen molar-refractivity contribution in [3.05, 3.63) is 47.0 Å². The van der Waals surface area contributed by atoms with Crippen molar-refractivity contribution in [1.82, 2.24) is 15.5 Å². The Balaban J connectivity index is 1.43. The maximum atomic E-state index is 12.3. The van der Waals surface area contributed by atoms with Gasteiger partial charge in [0.15, 0.2) is 5.96 Å². The SMILES string of the molecule is CN=C(NCCC1=CCCCC1)NCCN1C(=O)c2ccccc2C1=O. The lowest BCUT2D eigenvalue weighted by Gasteiger charge is -2.17. The van der Waals surface area contributed by atoms with Gasteiger partial charge in [-0.05, 0) is 44.2 Å². The molecule has 1 aromatic carbocycles. The lowest BCUT2D eigenvalue weighted by molar-refractivity contribution is 0.0657. The Bertz CT molecular complexity index is 704. The summed E-state index contributed by atoms with van der Waals surface area (Å²) in [5, 5.41) is 6.47. The molecule has 1 heterocycles. The molecule has 6 heteroatoms. The number of aliphatic imine (C=N–C) groups is 1. The third-order valence-electron chi connectivity index (χ3n) is 4.85. The van der Waals surface area contributed by atoms with Gasteiger partial charge in [-0.2, -0.15) is 0 Å². The van der Waals surface area contributed by atoms with E-state index in [2.05, 4.69) is 21.7 Å². The Morgan fingerprint density at radius 3 is 2.38 bits per heavy atom. The number of hydrogen-bond donors (Lipinski definition) is 2. The van der Waals surface area contributed by atoms with Crippen LogP contribution in [0.5, 0.6) is 0 Å². The predicted octanol–water partition coefficient (Wildman–Crippen LogP) is 2.34. The van der Waals surface area contributed by atoms with Crippen LogP contribution in [0.25, 0.3) is 0 Å². The normalized spacial score (nSPS) is 17.2. The number of carbonyl (C=O) groups is 2. The van der Waals surface area contributed by atoms with Crippen LogP contribution in [0.15, 0.2) is 40.9 Å². The summed E-state index contributed by atoms with van der Waals surface area (Å²) in [6.45, 7) is 1.62. The second-order valence-corrected chi connectivity index (χ2v) is 6.59. The molecule has 3 rings (SSSR count). The molecule has 1 aliphatic carbocycles. The highest BCUT2D eigenvalue weighted by molar-refractivity contribution is 6.21. The van der Waals surface area contributed by atoms with Gasteiger partial charge in [-0.15, -0.1) is 0 Å². The van der Waals surface area contributed by atoms with Gasteiger partial charge in [0.2, 0.25) is 0 Å². The van der Waals surface area contributed by atoms with Gasteiger partial charge in [-0.3, -0.25) is 19.5 Å². The molecule has 0 radical (unpaired) electrons. The molecule has 2 amide bonds. The zero-order valence-corrected chi connectivity index (χ0v) is 15.3. The van der Waals surface area contributed by atoms with E-state index in [9.17, 15) is 9.59 Å². The van der Waals surface area contributed by atoms with Gasteiger partial charge < -0.3 is 10.6 Å². The number of fused-ring (bicyclic) bond motifs is 1. The van der Waals surface area contributed by atoms with E-state index in [0.717, 1.165) is 13.0 Å². The molecule has 0 bridgehead atoms. The number of allylic oxidation sites excluding steroid dienone is 1. The lowest BCUT2D eigenvalue weighted by atomic mass is 9.97. The maximum absolute atomic E-state index is 12.3. The van der Waals surface area contributed by atoms with Crippen LogP contribution in [0.4, 0.5) is 0 Å². The average molecular weight is 354 g/mol. The summed E-state index contributed by atoms with van der Waals surface area (Å²) in [5.41, 5.74) is 2.49. The van der Waals surface area contributed by atoms with Crippen LogP contribution in [0.1, 0.15) is 52.8 Å². The van der Waals surface area contributed by atoms with Crippen LogP contribution in [0, 0.1) is 0 Å². The molecule has 0 aromatic heterocycles. The van der Waals surface area contributed by atoms with Gasteiger partial charge in [0, 0.05) is 26.7 Å². The number of benzene rings is 1. The molecular weight excluding hydrogens is 328 g/mol. The van der Waals surface area contributed by atoms with E-state index in [1.54, 1.807) is 31.3 Å². The van der Waals surface area contributed by atoms with Crippen molar-refractivity contribution >= 4 is 17.8 Å². The zero-order valence-electron chi connectivity index (χ0n) is 15.3. The fourth-order valence-electron chi connectivity index (χ4n) is 3.42. The van der Waals surface area contributed by atoms with Gasteiger partial charge >= 0.3 is 0 Å². The van der Waals surface area contributed by atoms with Crippen LogP contribution in [0.3, 0.4) is 0 Å². The number of nitrogens with zero attached hydrogens (tertiary/aromatic N) is 2. The molecular formula is C20H26N4O2. The van der Waals surface area contributed by atoms with Crippen molar-refractivity contribution < 1.29 is 9.59 Å². The first-order chi connectivity index (χ1) is 12.7. The molecule has 0 saturated carbocycles. The van der Waals surface area contributed by atoms with E-state index in [4.69, 9.17) is 0 Å². The van der Waals surface area contributed by atoms with E-state index in [1.165, 1.54) is 36.2 Å². The van der Waals surface area contributed by atoms with Crippen LogP contribution in [-0.4, -0.2) is 49.4 Å². The van der Waals surface area contributed by atoms with E-state index >= 15 is 0 Å². The number of guanidine groups is 1. The van der Waals surface area contributed by atoms with Crippen molar-refractivity contribution in [1.29, 1.82) is 0 Å². The second-order valence-electron chi connectivity index (χ2n) is 6.59. The van der Waals surface area contributed by atoms with Crippen molar-refractivity contribution in [3.63, 3.8) is 0 Å². The van der Waals surface area contributed by atoms with Crippen molar-refractivity contribution in [2.24, 2.45) is 4.99 Å². The molecule has 26 heavy (non-hydrogen) atoms. The van der Waals surface area contributed by atoms with E-state index in [1.807, 2.05) is 0 Å². The van der Waals surface area contributed by atoms with Gasteiger partial charge in [0.1, 0.15) is 0 Å². The monoisotopic (exact) mass is 354 g/mol. The number of rotatable bonds is 6. The highest BCUT2D eigenvalue weighted by Gasteiger charge is 2.34. The summed E-state index contributed by atoms with van der Waals surface area (Å²) < 4.78 is 0. The molecule has 1 aliphatic heterocycles. The highest BCUT2D eigenvalue weighted by atomic mass is 16.2. The molecule has 2 N–H and O–H groups in total. The first-order valence-electron chi connectivity index (χ1n) is 9.28. The topological polar surface area (TPSA) is 73.8 Å². The van der Waals surface area contributed by atoms with Crippen LogP contribution < -0.4 is 10.6 Å². The Hall–Kier alpha value is -2.63. The highest BCUT2D eigenvalue weighted by Crippen LogP contribution is 2.21. The third-order valence-corrected chi connectivity index (χ3v) is 4.85. The maximum Gasteiger partial charge on any atom is 0.261 e. The first-order valence-corrected chi connectivity index (χ1v) is 9.28. The molecule has 0 unspecified atom stereocenters. The van der Waals surface area contributed by atoms with Crippen LogP contribution >= 0.6 is 0 Å². The molecule has 0 spiro atoms. The molecule has 138 valence electrons. The van der Waals surface area contributed by atoms with Gasteiger partial charge in [0.05, 0.1) is 11.1 Å². The largest absolute Gasteiger partial charge is 0.356 e. The Labute approximate surface area is 154 Å². The van der Waals surface area contributed by atoms with Crippen molar-refractivity contribution in [2.75, 3.05) is 26.7 Å². The lowest BCUT2D eigenvalue weighted by Crippen LogP contribution is -2.43. The molecule has 0 saturated heterocycles. The second kappa shape index (κ2) is 8.65. The molecule has 1 aromatic rings. The summed E-state index contributed by atoms with van der Waals surface area (Å²) in [6.07, 6.45) is 8.37. The summed E-state index contributed by atoms with van der Waals surface area (Å²) in [4.78, 5) is 30.1. The van der Waals surface area contributed by atoms with Gasteiger partial charge in [0.25, 0.3) is 11.8 Å². The minimum absolute atomic E-state index is 0.223. The predicted molar refractivity (Wildman–Crippen MR) is 102 cm³/mol. The third kappa shape index (κ3) is 4.12. The first kappa shape index (κ1) is 18.2. The van der Waals surface area contributed by atoms with Crippen molar-refractivity contribution in [3.8, 4) is 0 Å². The molecule has 2 aliphatic rings. The van der Waals surface area contributed by atoms with Crippen molar-refractivity contribution in [2.45, 2.75) is 32.1 Å². The Morgan fingerprint density at radius 1 is 1.08 bits per heavy atom. The number of imide groups is 1. The smallest absolute Gasteiger partial charge is 0.261 e. The van der Waals surface area contributed by atoms with E-state index in [0.29, 0.717) is 30.2 Å². The number of hydrogen-bond acceptors (Lipinski definition) is 3. The number of nitrogens with one attached hydrogen (secondary N) is 2. The Morgan fingerprint density at radius 2 is 1.77 bits per heavy atom. The summed E-state index contributed by atoms with van der Waals surface area (Å²) in [7, 11) is 1.72. The minimum Gasteiger partial charge on any atom is -0.356 e. The van der Waals surface area contributed by atoms with E-state index < -0.39 is 0 Å². The summed E-state index contributed by atoms with van der Waals surface area (Å²) in [5.74, 6) is 0.247. The van der Waals surface area contributed by atoms with Gasteiger partial charge in [-0.1, -0.05) is 23.8 Å². The Kier molecular flexibility index (Phi) is 6.04. The summed E-state index contributed by atoms with van der Waals surface area (Å²) >= 11 is 0. The minimum atomic E-state index is -0.223. The quantitative estimate of drug-likeness (QED) is 0.356. The summed E-state index contributed by atoms with van der Waals surface area (Å²) in [6, 6.07) is 6.95. The molecule has 6 nitrogen and oxygen atoms in total. The zero-order chi connectivity index (χ0) is 18.4. The molecule has 0 fully saturated rings. The van der Waals surface area contributed by atoms with Gasteiger partial charge in [-0.25, -0.2) is 0 Å². The van der Waals surface area contributed by atoms with Crippen LogP contribution in [0.2, 0.25) is 0 Å². The fourth-order valence-corrected chi connectivity index (χ4v) is 3.42. The molecule has 0 atom stereocenters. The van der Waals surface area contributed by atoms with E-state index in [-0.39, 0.29) is 11.8 Å². The number of amides is 2. The fraction of sp³-hybridized carbons (Fsp3) is 0.450. The average Bonchev–Trinajstić information content (AvgIpc) is 2.92. The number of carbonyl (C=O) groups excluding carboxylic acids is 2. The standard InChI is InChI=1S/C20H26N4O2/c1-21-20(22-12-11-15-7-3-2-4-8-15)23-13-14-24-18(25)16-9-5-6-10-17(16)19(24)26/h5-7,9-10H,2-4,8,11-14H2,1H3,(H2,21,22,23). The van der Waals surface area contributed by atoms with Crippen LogP contribution in [-0.2, 0) is 0 Å².